The lowest BCUT2D eigenvalue weighted by Gasteiger charge is -2.31. The maximum atomic E-state index is 12.7. The highest BCUT2D eigenvalue weighted by molar-refractivity contribution is 5.78. The number of fused-ring (bicyclic) bond motifs is 1. The quantitative estimate of drug-likeness (QED) is 0.868. The predicted molar refractivity (Wildman–Crippen MR) is 96.9 cm³/mol. The Balaban J connectivity index is 1.65. The molecular formula is C19H29N3O3. The van der Waals surface area contributed by atoms with E-state index >= 15 is 0 Å². The van der Waals surface area contributed by atoms with Gasteiger partial charge in [-0.15, -0.1) is 0 Å². The molecule has 0 aliphatic carbocycles. The van der Waals surface area contributed by atoms with Gasteiger partial charge in [-0.2, -0.15) is 0 Å². The molecule has 1 atom stereocenters. The summed E-state index contributed by atoms with van der Waals surface area (Å²) in [6, 6.07) is 4.03. The Morgan fingerprint density at radius 3 is 2.48 bits per heavy atom. The molecule has 0 bridgehead atoms. The lowest BCUT2D eigenvalue weighted by molar-refractivity contribution is -0.133. The average Bonchev–Trinajstić information content (AvgIpc) is 3.01. The van der Waals surface area contributed by atoms with Crippen molar-refractivity contribution in [3.05, 3.63) is 23.3 Å². The maximum absolute atomic E-state index is 12.7. The van der Waals surface area contributed by atoms with Crippen molar-refractivity contribution in [3.8, 4) is 11.5 Å². The van der Waals surface area contributed by atoms with E-state index in [2.05, 4.69) is 11.8 Å². The second kappa shape index (κ2) is 7.22. The van der Waals surface area contributed by atoms with Gasteiger partial charge in [0.2, 0.25) is 5.91 Å². The smallest absolute Gasteiger partial charge is 0.237 e. The zero-order chi connectivity index (χ0) is 18.0. The number of hydrogen-bond donors (Lipinski definition) is 1. The Morgan fingerprint density at radius 1 is 1.20 bits per heavy atom. The highest BCUT2D eigenvalue weighted by Crippen LogP contribution is 2.33. The number of nitrogens with two attached hydrogens (primary N) is 1. The van der Waals surface area contributed by atoms with Crippen LogP contribution in [0.3, 0.4) is 0 Å². The van der Waals surface area contributed by atoms with Gasteiger partial charge < -0.3 is 20.1 Å². The van der Waals surface area contributed by atoms with Crippen molar-refractivity contribution >= 4 is 5.91 Å². The summed E-state index contributed by atoms with van der Waals surface area (Å²) in [6.45, 7) is 6.61. The van der Waals surface area contributed by atoms with Crippen molar-refractivity contribution in [2.75, 3.05) is 46.9 Å². The van der Waals surface area contributed by atoms with Crippen LogP contribution in [-0.2, 0) is 17.8 Å². The molecule has 138 valence electrons. The standard InChI is InChI=1S/C19H29N3O3/c1-19(12-20)5-7-21(13-19)11-18(23)22-6-4-14-8-16(24-2)17(25-3)9-15(14)10-22/h8-9H,4-7,10-13,20H2,1-3H3. The van der Waals surface area contributed by atoms with Crippen molar-refractivity contribution in [3.63, 3.8) is 0 Å². The van der Waals surface area contributed by atoms with Gasteiger partial charge in [0.15, 0.2) is 11.5 Å². The number of hydrogen-bond acceptors (Lipinski definition) is 5. The fourth-order valence-electron chi connectivity index (χ4n) is 3.81. The fourth-order valence-corrected chi connectivity index (χ4v) is 3.81. The Kier molecular flexibility index (Phi) is 5.20. The van der Waals surface area contributed by atoms with Crippen LogP contribution in [0.2, 0.25) is 0 Å². The molecule has 2 heterocycles. The lowest BCUT2D eigenvalue weighted by Crippen LogP contribution is -2.43. The first-order chi connectivity index (χ1) is 12.0. The van der Waals surface area contributed by atoms with Crippen molar-refractivity contribution in [1.29, 1.82) is 0 Å². The van der Waals surface area contributed by atoms with Gasteiger partial charge in [-0.1, -0.05) is 6.92 Å². The first kappa shape index (κ1) is 18.0. The van der Waals surface area contributed by atoms with Gasteiger partial charge in [0.25, 0.3) is 0 Å². The molecular weight excluding hydrogens is 318 g/mol. The van der Waals surface area contributed by atoms with Crippen LogP contribution in [0.1, 0.15) is 24.5 Å². The lowest BCUT2D eigenvalue weighted by atomic mass is 9.90. The first-order valence-corrected chi connectivity index (χ1v) is 8.92. The highest BCUT2D eigenvalue weighted by atomic mass is 16.5. The van der Waals surface area contributed by atoms with E-state index < -0.39 is 0 Å². The SMILES string of the molecule is COc1cc2c(cc1OC)CN(C(=O)CN1CCC(C)(CN)C1)CC2. The van der Waals surface area contributed by atoms with Crippen LogP contribution >= 0.6 is 0 Å². The average molecular weight is 347 g/mol. The number of rotatable bonds is 5. The molecule has 1 aromatic carbocycles. The molecule has 0 radical (unpaired) electrons. The van der Waals surface area contributed by atoms with Gasteiger partial charge in [0.1, 0.15) is 0 Å². The van der Waals surface area contributed by atoms with E-state index in [0.29, 0.717) is 25.4 Å². The Hall–Kier alpha value is -1.79. The fraction of sp³-hybridized carbons (Fsp3) is 0.632. The third-order valence-electron chi connectivity index (χ3n) is 5.56. The summed E-state index contributed by atoms with van der Waals surface area (Å²) in [6.07, 6.45) is 1.92. The number of ether oxygens (including phenoxy) is 2. The number of benzene rings is 1. The number of carbonyl (C=O) groups is 1. The van der Waals surface area contributed by atoms with E-state index in [-0.39, 0.29) is 11.3 Å². The largest absolute Gasteiger partial charge is 0.493 e. The molecule has 1 amide bonds. The molecule has 6 heteroatoms. The van der Waals surface area contributed by atoms with Crippen LogP contribution in [-0.4, -0.2) is 62.7 Å². The van der Waals surface area contributed by atoms with Crippen LogP contribution in [0.25, 0.3) is 0 Å². The van der Waals surface area contributed by atoms with Gasteiger partial charge in [0, 0.05) is 19.6 Å². The van der Waals surface area contributed by atoms with Gasteiger partial charge in [-0.25, -0.2) is 0 Å². The van der Waals surface area contributed by atoms with Crippen LogP contribution in [0.15, 0.2) is 12.1 Å². The van der Waals surface area contributed by atoms with Crippen LogP contribution in [0.4, 0.5) is 0 Å². The molecule has 1 unspecified atom stereocenters. The molecule has 1 saturated heterocycles. The molecule has 6 nitrogen and oxygen atoms in total. The maximum Gasteiger partial charge on any atom is 0.237 e. The van der Waals surface area contributed by atoms with Gasteiger partial charge in [-0.3, -0.25) is 9.69 Å². The number of methoxy groups -OCH3 is 2. The van der Waals surface area contributed by atoms with Crippen LogP contribution in [0, 0.1) is 5.41 Å². The van der Waals surface area contributed by atoms with Crippen molar-refractivity contribution in [1.82, 2.24) is 9.80 Å². The van der Waals surface area contributed by atoms with Crippen molar-refractivity contribution in [2.24, 2.45) is 11.1 Å². The summed E-state index contributed by atoms with van der Waals surface area (Å²) in [4.78, 5) is 16.9. The minimum atomic E-state index is 0.151. The number of carbonyl (C=O) groups excluding carboxylic acids is 1. The zero-order valence-corrected chi connectivity index (χ0v) is 15.5. The highest BCUT2D eigenvalue weighted by Gasteiger charge is 2.34. The summed E-state index contributed by atoms with van der Waals surface area (Å²) in [5.74, 6) is 1.66. The van der Waals surface area contributed by atoms with Crippen LogP contribution < -0.4 is 15.2 Å². The first-order valence-electron chi connectivity index (χ1n) is 8.92. The molecule has 25 heavy (non-hydrogen) atoms. The minimum absolute atomic E-state index is 0.151. The summed E-state index contributed by atoms with van der Waals surface area (Å²) in [5, 5.41) is 0. The molecule has 2 aliphatic rings. The normalized spacial score (nSPS) is 23.4. The number of amides is 1. The molecule has 2 N–H and O–H groups in total. The Morgan fingerprint density at radius 2 is 1.88 bits per heavy atom. The molecule has 3 rings (SSSR count). The van der Waals surface area contributed by atoms with Crippen molar-refractivity contribution in [2.45, 2.75) is 26.3 Å². The topological polar surface area (TPSA) is 68.0 Å². The van der Waals surface area contributed by atoms with Gasteiger partial charge >= 0.3 is 0 Å². The zero-order valence-electron chi connectivity index (χ0n) is 15.5. The predicted octanol–water partition coefficient (Wildman–Crippen LogP) is 1.26. The summed E-state index contributed by atoms with van der Waals surface area (Å²) >= 11 is 0. The second-order valence-corrected chi connectivity index (χ2v) is 7.52. The Bertz CT molecular complexity index is 649. The van der Waals surface area contributed by atoms with E-state index in [9.17, 15) is 4.79 Å². The number of nitrogens with zero attached hydrogens (tertiary/aromatic N) is 2. The molecule has 2 aliphatic heterocycles. The minimum Gasteiger partial charge on any atom is -0.493 e. The molecule has 1 aromatic rings. The summed E-state index contributed by atoms with van der Waals surface area (Å²) in [5.41, 5.74) is 8.39. The van der Waals surface area contributed by atoms with Gasteiger partial charge in [-0.05, 0) is 54.6 Å². The second-order valence-electron chi connectivity index (χ2n) is 7.52. The monoisotopic (exact) mass is 347 g/mol. The Labute approximate surface area is 149 Å². The van der Waals surface area contributed by atoms with E-state index in [1.807, 2.05) is 17.0 Å². The van der Waals surface area contributed by atoms with E-state index in [1.165, 1.54) is 5.56 Å². The van der Waals surface area contributed by atoms with E-state index in [0.717, 1.165) is 43.8 Å². The van der Waals surface area contributed by atoms with E-state index in [1.54, 1.807) is 14.2 Å². The summed E-state index contributed by atoms with van der Waals surface area (Å²) in [7, 11) is 3.28. The van der Waals surface area contributed by atoms with Gasteiger partial charge in [0.05, 0.1) is 20.8 Å². The molecule has 0 saturated carbocycles. The van der Waals surface area contributed by atoms with E-state index in [4.69, 9.17) is 15.2 Å². The molecule has 1 fully saturated rings. The molecule has 0 spiro atoms. The molecule has 0 aromatic heterocycles. The third kappa shape index (κ3) is 3.75. The van der Waals surface area contributed by atoms with Crippen molar-refractivity contribution < 1.29 is 14.3 Å². The van der Waals surface area contributed by atoms with Crippen LogP contribution in [0.5, 0.6) is 11.5 Å². The third-order valence-corrected chi connectivity index (χ3v) is 5.56. The summed E-state index contributed by atoms with van der Waals surface area (Å²) < 4.78 is 10.8. The number of likely N-dealkylation sites (tertiary alicyclic amines) is 1.